The number of carbonyl (C=O) groups excluding carboxylic acids is 2. The number of carbonyl (C=O) groups is 2. The van der Waals surface area contributed by atoms with Crippen LogP contribution in [-0.4, -0.2) is 54.4 Å². The van der Waals surface area contributed by atoms with Crippen molar-refractivity contribution in [2.45, 2.75) is 51.0 Å². The third kappa shape index (κ3) is 5.18. The van der Waals surface area contributed by atoms with Gasteiger partial charge in [0, 0.05) is 25.6 Å². The van der Waals surface area contributed by atoms with Crippen LogP contribution < -0.4 is 5.32 Å². The van der Waals surface area contributed by atoms with Crippen LogP contribution in [0.15, 0.2) is 48.6 Å². The van der Waals surface area contributed by atoms with E-state index in [-0.39, 0.29) is 17.9 Å². The lowest BCUT2D eigenvalue weighted by molar-refractivity contribution is -0.124. The summed E-state index contributed by atoms with van der Waals surface area (Å²) in [5, 5.41) is 14.2. The molecular weight excluding hydrogens is 392 g/mol. The molecule has 2 N–H and O–H groups in total. The first-order valence-corrected chi connectivity index (χ1v) is 11.2. The number of aliphatic hydroxyl groups is 1. The van der Waals surface area contributed by atoms with E-state index < -0.39 is 11.7 Å². The molecule has 1 aromatic rings. The number of nitrogens with zero attached hydrogens (tertiary/aromatic N) is 1. The van der Waals surface area contributed by atoms with Crippen molar-refractivity contribution in [1.82, 2.24) is 10.2 Å². The van der Waals surface area contributed by atoms with Crippen molar-refractivity contribution in [2.75, 3.05) is 26.7 Å². The van der Waals surface area contributed by atoms with Gasteiger partial charge in [-0.25, -0.2) is 4.79 Å². The monoisotopic (exact) mass is 426 g/mol. The number of amides is 2. The Morgan fingerprint density at radius 1 is 1.19 bits per heavy atom. The maximum atomic E-state index is 12.3. The van der Waals surface area contributed by atoms with Crippen LogP contribution in [-0.2, 0) is 9.53 Å². The second kappa shape index (κ2) is 10.1. The van der Waals surface area contributed by atoms with Crippen molar-refractivity contribution in [3.63, 3.8) is 0 Å². The van der Waals surface area contributed by atoms with Crippen molar-refractivity contribution < 1.29 is 19.4 Å². The molecule has 1 aromatic carbocycles. The zero-order chi connectivity index (χ0) is 22.3. The third-order valence-electron chi connectivity index (χ3n) is 6.73. The average Bonchev–Trinajstić information content (AvgIpc) is 2.82. The van der Waals surface area contributed by atoms with Crippen LogP contribution in [0, 0.1) is 5.41 Å². The van der Waals surface area contributed by atoms with Crippen LogP contribution in [0.25, 0.3) is 5.57 Å². The molecule has 3 rings (SSSR count). The summed E-state index contributed by atoms with van der Waals surface area (Å²) in [6, 6.07) is 10.3. The highest BCUT2D eigenvalue weighted by Gasteiger charge is 2.50. The first-order valence-electron chi connectivity index (χ1n) is 11.2. The molecule has 1 heterocycles. The van der Waals surface area contributed by atoms with Crippen molar-refractivity contribution in [2.24, 2.45) is 5.41 Å². The molecule has 1 aliphatic carbocycles. The predicted octanol–water partition coefficient (Wildman–Crippen LogP) is 3.92. The van der Waals surface area contributed by atoms with Gasteiger partial charge in [-0.15, -0.1) is 0 Å². The van der Waals surface area contributed by atoms with Crippen molar-refractivity contribution in [1.29, 1.82) is 0 Å². The minimum Gasteiger partial charge on any atom is -0.439 e. The molecular formula is C25H34N2O4. The SMILES string of the molecule is CCCCC1(C2(O)CCN(C(=O)OCC(=O)NC)CC2)C=CC(c2ccccc2)=CC1. The molecule has 1 aliphatic heterocycles. The molecule has 1 saturated heterocycles. The first-order chi connectivity index (χ1) is 14.9. The van der Waals surface area contributed by atoms with Crippen LogP contribution in [0.2, 0.25) is 0 Å². The summed E-state index contributed by atoms with van der Waals surface area (Å²) in [7, 11) is 1.50. The van der Waals surface area contributed by atoms with E-state index in [0.717, 1.165) is 25.7 Å². The molecule has 6 nitrogen and oxygen atoms in total. The number of benzene rings is 1. The second-order valence-corrected chi connectivity index (χ2v) is 8.57. The Morgan fingerprint density at radius 2 is 1.90 bits per heavy atom. The molecule has 1 atom stereocenters. The average molecular weight is 427 g/mol. The number of hydrogen-bond donors (Lipinski definition) is 2. The van der Waals surface area contributed by atoms with Crippen molar-refractivity contribution >= 4 is 17.6 Å². The fourth-order valence-corrected chi connectivity index (χ4v) is 4.63. The first kappa shape index (κ1) is 23.1. The minimum atomic E-state index is -0.880. The number of piperidine rings is 1. The van der Waals surface area contributed by atoms with Gasteiger partial charge in [-0.2, -0.15) is 0 Å². The zero-order valence-corrected chi connectivity index (χ0v) is 18.6. The van der Waals surface area contributed by atoms with Gasteiger partial charge in [-0.05, 0) is 36.8 Å². The van der Waals surface area contributed by atoms with Gasteiger partial charge < -0.3 is 20.1 Å². The maximum absolute atomic E-state index is 12.3. The van der Waals surface area contributed by atoms with Crippen molar-refractivity contribution in [3.05, 3.63) is 54.1 Å². The molecule has 6 heteroatoms. The summed E-state index contributed by atoms with van der Waals surface area (Å²) in [5.41, 5.74) is 1.16. The maximum Gasteiger partial charge on any atom is 0.410 e. The summed E-state index contributed by atoms with van der Waals surface area (Å²) in [4.78, 5) is 25.2. The van der Waals surface area contributed by atoms with Crippen LogP contribution in [0.1, 0.15) is 51.0 Å². The normalized spacial score (nSPS) is 22.5. The molecule has 2 amide bonds. The molecule has 0 bridgehead atoms. The Bertz CT molecular complexity index is 825. The quantitative estimate of drug-likeness (QED) is 0.693. The molecule has 0 radical (unpaired) electrons. The van der Waals surface area contributed by atoms with Gasteiger partial charge in [0.2, 0.25) is 0 Å². The Labute approximate surface area is 185 Å². The van der Waals surface area contributed by atoms with E-state index in [1.807, 2.05) is 18.2 Å². The number of unbranched alkanes of at least 4 members (excludes halogenated alkanes) is 1. The van der Waals surface area contributed by atoms with E-state index >= 15 is 0 Å². The second-order valence-electron chi connectivity index (χ2n) is 8.57. The summed E-state index contributed by atoms with van der Waals surface area (Å²) in [5.74, 6) is -0.339. The van der Waals surface area contributed by atoms with Crippen molar-refractivity contribution in [3.8, 4) is 0 Å². The van der Waals surface area contributed by atoms with E-state index in [4.69, 9.17) is 4.74 Å². The fourth-order valence-electron chi connectivity index (χ4n) is 4.63. The van der Waals surface area contributed by atoms with Gasteiger partial charge in [-0.1, -0.05) is 68.3 Å². The standard InChI is InChI=1S/C25H34N2O4/c1-3-4-12-24(13-10-21(11-14-24)20-8-6-5-7-9-20)25(30)15-17-27(18-16-25)23(29)31-19-22(28)26-2/h5-11,13,30H,3-4,12,14-19H2,1-2H3,(H,26,28). The van der Waals surface area contributed by atoms with Gasteiger partial charge in [0.1, 0.15) is 0 Å². The number of likely N-dealkylation sites (tertiary alicyclic amines) is 1. The van der Waals surface area contributed by atoms with Gasteiger partial charge in [0.05, 0.1) is 5.60 Å². The van der Waals surface area contributed by atoms with Crippen LogP contribution in [0.5, 0.6) is 0 Å². The predicted molar refractivity (Wildman–Crippen MR) is 121 cm³/mol. The van der Waals surface area contributed by atoms with E-state index in [0.29, 0.717) is 25.9 Å². The summed E-state index contributed by atoms with van der Waals surface area (Å²) in [6.07, 6.45) is 10.9. The number of rotatable bonds is 7. The van der Waals surface area contributed by atoms with Crippen LogP contribution in [0.3, 0.4) is 0 Å². The Kier molecular flexibility index (Phi) is 7.55. The van der Waals surface area contributed by atoms with E-state index in [9.17, 15) is 14.7 Å². The van der Waals surface area contributed by atoms with Gasteiger partial charge >= 0.3 is 6.09 Å². The van der Waals surface area contributed by atoms with Gasteiger partial charge in [0.25, 0.3) is 5.91 Å². The number of ether oxygens (including phenoxy) is 1. The fraction of sp³-hybridized carbons (Fsp3) is 0.520. The molecule has 1 unspecified atom stereocenters. The summed E-state index contributed by atoms with van der Waals surface area (Å²) in [6.45, 7) is 2.72. The Balaban J connectivity index is 1.69. The van der Waals surface area contributed by atoms with Gasteiger partial charge in [-0.3, -0.25) is 4.79 Å². The van der Waals surface area contributed by atoms with E-state index in [2.05, 4.69) is 42.6 Å². The molecule has 2 aliphatic rings. The lowest BCUT2D eigenvalue weighted by Crippen LogP contribution is -2.55. The highest BCUT2D eigenvalue weighted by Crippen LogP contribution is 2.50. The highest BCUT2D eigenvalue weighted by atomic mass is 16.6. The minimum absolute atomic E-state index is 0.285. The van der Waals surface area contributed by atoms with Crippen LogP contribution >= 0.6 is 0 Å². The summed E-state index contributed by atoms with van der Waals surface area (Å²) < 4.78 is 5.07. The smallest absolute Gasteiger partial charge is 0.410 e. The van der Waals surface area contributed by atoms with Crippen LogP contribution in [0.4, 0.5) is 4.79 Å². The topological polar surface area (TPSA) is 78.9 Å². The number of nitrogens with one attached hydrogen (secondary N) is 1. The number of hydrogen-bond acceptors (Lipinski definition) is 4. The Hall–Kier alpha value is -2.60. The van der Waals surface area contributed by atoms with E-state index in [1.165, 1.54) is 18.2 Å². The number of allylic oxidation sites excluding steroid dienone is 3. The zero-order valence-electron chi connectivity index (χ0n) is 18.6. The molecule has 0 saturated carbocycles. The third-order valence-corrected chi connectivity index (χ3v) is 6.73. The Morgan fingerprint density at radius 3 is 2.48 bits per heavy atom. The largest absolute Gasteiger partial charge is 0.439 e. The molecule has 168 valence electrons. The van der Waals surface area contributed by atoms with Gasteiger partial charge in [0.15, 0.2) is 6.61 Å². The highest BCUT2D eigenvalue weighted by molar-refractivity contribution is 5.79. The molecule has 0 spiro atoms. The molecule has 31 heavy (non-hydrogen) atoms. The lowest BCUT2D eigenvalue weighted by atomic mass is 9.61. The van der Waals surface area contributed by atoms with E-state index in [1.54, 1.807) is 4.90 Å². The number of likely N-dealkylation sites (N-methyl/N-ethyl adjacent to an activating group) is 1. The molecule has 1 fully saturated rings. The lowest BCUT2D eigenvalue weighted by Gasteiger charge is -2.50. The molecule has 0 aromatic heterocycles. The summed E-state index contributed by atoms with van der Waals surface area (Å²) >= 11 is 0.